The van der Waals surface area contributed by atoms with Gasteiger partial charge in [-0.3, -0.25) is 14.5 Å². The molecule has 0 unspecified atom stereocenters. The summed E-state index contributed by atoms with van der Waals surface area (Å²) in [6.45, 7) is 3.70. The number of piperidine rings is 1. The highest BCUT2D eigenvalue weighted by atomic mass is 35.5. The van der Waals surface area contributed by atoms with Crippen LogP contribution in [0.5, 0.6) is 0 Å². The van der Waals surface area contributed by atoms with Crippen LogP contribution in [0.2, 0.25) is 5.15 Å². The molecule has 0 saturated carbocycles. The zero-order valence-electron chi connectivity index (χ0n) is 22.0. The van der Waals surface area contributed by atoms with Crippen LogP contribution in [0.1, 0.15) is 52.7 Å². The quantitative estimate of drug-likeness (QED) is 0.417. The van der Waals surface area contributed by atoms with Gasteiger partial charge in [0.05, 0.1) is 18.4 Å². The lowest BCUT2D eigenvalue weighted by atomic mass is 9.97. The van der Waals surface area contributed by atoms with E-state index in [9.17, 15) is 22.8 Å². The minimum Gasteiger partial charge on any atom is -0.395 e. The van der Waals surface area contributed by atoms with Crippen molar-refractivity contribution in [1.82, 2.24) is 30.1 Å². The number of alkyl halides is 3. The summed E-state index contributed by atoms with van der Waals surface area (Å²) < 4.78 is 41.9. The Morgan fingerprint density at radius 3 is 2.52 bits per heavy atom. The number of nitrogen functional groups attached to an aromatic ring is 1. The molecule has 2 aliphatic rings. The lowest BCUT2D eigenvalue weighted by Gasteiger charge is -2.47. The van der Waals surface area contributed by atoms with Crippen LogP contribution in [0.25, 0.3) is 0 Å². The number of piperazine rings is 1. The number of nitrogens with two attached hydrogens (primary N) is 1. The van der Waals surface area contributed by atoms with Crippen molar-refractivity contribution in [3.63, 3.8) is 0 Å². The number of aliphatic hydroxyl groups is 1. The third-order valence-electron chi connectivity index (χ3n) is 7.29. The fraction of sp³-hybridized carbons (Fsp3) is 0.560. The van der Waals surface area contributed by atoms with Crippen LogP contribution in [0.4, 0.5) is 24.8 Å². The number of aromatic nitrogens is 3. The molecule has 11 nitrogen and oxygen atoms in total. The van der Waals surface area contributed by atoms with Crippen molar-refractivity contribution >= 4 is 35.1 Å². The van der Waals surface area contributed by atoms with Crippen LogP contribution < -0.4 is 16.0 Å². The zero-order valence-corrected chi connectivity index (χ0v) is 22.7. The summed E-state index contributed by atoms with van der Waals surface area (Å²) in [6, 6.07) is 3.23. The first-order valence-corrected chi connectivity index (χ1v) is 13.5. The molecule has 0 aromatic carbocycles. The van der Waals surface area contributed by atoms with E-state index < -0.39 is 23.5 Å². The largest absolute Gasteiger partial charge is 0.437 e. The molecule has 40 heavy (non-hydrogen) atoms. The molecule has 218 valence electrons. The lowest BCUT2D eigenvalue weighted by Crippen LogP contribution is -2.59. The Balaban J connectivity index is 1.43. The van der Waals surface area contributed by atoms with Crippen molar-refractivity contribution < 1.29 is 27.9 Å². The summed E-state index contributed by atoms with van der Waals surface area (Å²) in [6.07, 6.45) is -1.64. The second-order valence-electron chi connectivity index (χ2n) is 9.74. The maximum Gasteiger partial charge on any atom is 0.437 e. The maximum atomic E-state index is 14.0. The third kappa shape index (κ3) is 6.56. The number of likely N-dealkylation sites (tertiary alicyclic amines) is 1. The summed E-state index contributed by atoms with van der Waals surface area (Å²) >= 11 is 5.84. The van der Waals surface area contributed by atoms with Gasteiger partial charge in [0.15, 0.2) is 11.5 Å². The summed E-state index contributed by atoms with van der Waals surface area (Å²) in [7, 11) is 0. The number of carbonyl (C=O) groups excluding carboxylic acids is 2. The van der Waals surface area contributed by atoms with Crippen LogP contribution in [0.15, 0.2) is 18.3 Å². The molecule has 4 rings (SSSR count). The molecule has 4 heterocycles. The monoisotopic (exact) mass is 584 g/mol. The summed E-state index contributed by atoms with van der Waals surface area (Å²) in [5, 5.41) is 11.4. The molecule has 0 aliphatic carbocycles. The molecule has 2 aromatic heterocycles. The molecule has 2 fully saturated rings. The van der Waals surface area contributed by atoms with Crippen LogP contribution >= 0.6 is 11.6 Å². The smallest absolute Gasteiger partial charge is 0.395 e. The summed E-state index contributed by atoms with van der Waals surface area (Å²) in [5.41, 5.74) is 4.51. The molecule has 4 N–H and O–H groups in total. The van der Waals surface area contributed by atoms with Crippen molar-refractivity contribution in [2.45, 2.75) is 44.4 Å². The predicted molar refractivity (Wildman–Crippen MR) is 142 cm³/mol. The van der Waals surface area contributed by atoms with E-state index in [0.29, 0.717) is 57.5 Å². The molecule has 2 aliphatic heterocycles. The van der Waals surface area contributed by atoms with Gasteiger partial charge >= 0.3 is 6.18 Å². The fourth-order valence-corrected chi connectivity index (χ4v) is 5.44. The topological polar surface area (TPSA) is 141 Å². The van der Waals surface area contributed by atoms with E-state index >= 15 is 0 Å². The number of anilines is 2. The Kier molecular flexibility index (Phi) is 9.31. The van der Waals surface area contributed by atoms with Gasteiger partial charge in [-0.05, 0) is 31.4 Å². The molecule has 0 bridgehead atoms. The van der Waals surface area contributed by atoms with Gasteiger partial charge in [-0.1, -0.05) is 18.5 Å². The molecule has 2 aromatic rings. The first-order valence-electron chi connectivity index (χ1n) is 13.1. The number of aliphatic hydroxyl groups excluding tert-OH is 1. The third-order valence-corrected chi connectivity index (χ3v) is 7.50. The second kappa shape index (κ2) is 12.5. The number of nitrogens with one attached hydrogen (secondary N) is 1. The highest BCUT2D eigenvalue weighted by molar-refractivity contribution is 6.29. The highest BCUT2D eigenvalue weighted by Crippen LogP contribution is 2.35. The second-order valence-corrected chi connectivity index (χ2v) is 10.1. The van der Waals surface area contributed by atoms with E-state index in [1.54, 1.807) is 15.9 Å². The van der Waals surface area contributed by atoms with E-state index in [1.807, 2.05) is 6.92 Å². The van der Waals surface area contributed by atoms with Crippen LogP contribution in [0, 0.1) is 0 Å². The van der Waals surface area contributed by atoms with Gasteiger partial charge in [-0.25, -0.2) is 15.0 Å². The fourth-order valence-electron chi connectivity index (χ4n) is 5.28. The Labute approximate surface area is 234 Å². The van der Waals surface area contributed by atoms with Gasteiger partial charge in [0, 0.05) is 51.4 Å². The van der Waals surface area contributed by atoms with Crippen molar-refractivity contribution in [2.24, 2.45) is 0 Å². The number of nitrogens with zero attached hydrogens (tertiary/aromatic N) is 6. The van der Waals surface area contributed by atoms with E-state index in [-0.39, 0.29) is 47.9 Å². The van der Waals surface area contributed by atoms with Gasteiger partial charge in [0.25, 0.3) is 11.8 Å². The Hall–Kier alpha value is -3.23. The Morgan fingerprint density at radius 1 is 1.18 bits per heavy atom. The van der Waals surface area contributed by atoms with Crippen molar-refractivity contribution in [1.29, 1.82) is 0 Å². The predicted octanol–water partition coefficient (Wildman–Crippen LogP) is 2.05. The Morgan fingerprint density at radius 2 is 1.90 bits per heavy atom. The normalized spacial score (nSPS) is 19.1. The van der Waals surface area contributed by atoms with Crippen molar-refractivity contribution in [2.75, 3.05) is 56.5 Å². The minimum atomic E-state index is -4.81. The first-order chi connectivity index (χ1) is 19.0. The molecule has 2 saturated heterocycles. The Bertz CT molecular complexity index is 1230. The average Bonchev–Trinajstić information content (AvgIpc) is 2.94. The average molecular weight is 585 g/mol. The lowest BCUT2D eigenvalue weighted by molar-refractivity contribution is -0.141. The highest BCUT2D eigenvalue weighted by Gasteiger charge is 2.41. The number of carbonyl (C=O) groups is 2. The van der Waals surface area contributed by atoms with E-state index in [1.165, 1.54) is 6.07 Å². The molecule has 1 atom stereocenters. The zero-order chi connectivity index (χ0) is 29.0. The minimum absolute atomic E-state index is 0.0347. The van der Waals surface area contributed by atoms with Gasteiger partial charge < -0.3 is 26.0 Å². The van der Waals surface area contributed by atoms with E-state index in [2.05, 4.69) is 25.2 Å². The molecular formula is C25H32ClF3N8O3. The van der Waals surface area contributed by atoms with Gasteiger partial charge in [0.2, 0.25) is 0 Å². The van der Waals surface area contributed by atoms with Gasteiger partial charge in [0.1, 0.15) is 16.7 Å². The van der Waals surface area contributed by atoms with E-state index in [4.69, 9.17) is 22.4 Å². The first kappa shape index (κ1) is 29.7. The molecule has 2 amide bonds. The molecule has 0 spiro atoms. The molecule has 15 heteroatoms. The number of hydrogen-bond donors (Lipinski definition) is 3. The van der Waals surface area contributed by atoms with Crippen molar-refractivity contribution in [3.05, 3.63) is 40.4 Å². The number of halogens is 4. The standard InChI is InChI=1S/C25H32ClF3N8O3/c1-2-15-14-36(22-20(25(27,28)29)33-18(13-32-22)23(39)31-7-12-38)10-11-37(15)16-5-8-35(9-6-16)24(40)17-3-4-19(26)34-21(17)30/h3-4,13,15-16,38H,2,5-12,14H2,1H3,(H2,30,34)(H,31,39)/t15-/m0/s1. The molecular weight excluding hydrogens is 553 g/mol. The van der Waals surface area contributed by atoms with Crippen LogP contribution in [-0.2, 0) is 6.18 Å². The van der Waals surface area contributed by atoms with Crippen LogP contribution in [0.3, 0.4) is 0 Å². The number of hydrogen-bond acceptors (Lipinski definition) is 9. The van der Waals surface area contributed by atoms with E-state index in [0.717, 1.165) is 6.20 Å². The van der Waals surface area contributed by atoms with Crippen LogP contribution in [-0.4, -0.2) is 99.6 Å². The van der Waals surface area contributed by atoms with Gasteiger partial charge in [-0.15, -0.1) is 0 Å². The number of rotatable bonds is 7. The SMILES string of the molecule is CC[C@H]1CN(c2ncc(C(=O)NCCO)nc2C(F)(F)F)CCN1C1CCN(C(=O)c2ccc(Cl)nc2N)CC1. The number of amides is 2. The van der Waals surface area contributed by atoms with Gasteiger partial charge in [-0.2, -0.15) is 13.2 Å². The summed E-state index contributed by atoms with van der Waals surface area (Å²) in [5.74, 6) is -1.26. The number of pyridine rings is 1. The molecule has 0 radical (unpaired) electrons. The maximum absolute atomic E-state index is 14.0. The van der Waals surface area contributed by atoms with Crippen molar-refractivity contribution in [3.8, 4) is 0 Å². The summed E-state index contributed by atoms with van der Waals surface area (Å²) in [4.78, 5) is 42.3.